The third-order valence-electron chi connectivity index (χ3n) is 4.67. The molecule has 0 radical (unpaired) electrons. The van der Waals surface area contributed by atoms with Gasteiger partial charge in [-0.05, 0) is 25.3 Å². The second-order valence-electron chi connectivity index (χ2n) is 6.26. The fourth-order valence-corrected chi connectivity index (χ4v) is 2.97. The van der Waals surface area contributed by atoms with Gasteiger partial charge < -0.3 is 10.2 Å². The van der Waals surface area contributed by atoms with Gasteiger partial charge in [0.25, 0.3) is 0 Å². The number of halogens is 3. The largest absolute Gasteiger partial charge is 0.480 e. The molecule has 0 saturated carbocycles. The van der Waals surface area contributed by atoms with Gasteiger partial charge in [0.15, 0.2) is 5.60 Å². The molecular weight excluding hydrogens is 311 g/mol. The summed E-state index contributed by atoms with van der Waals surface area (Å²) in [4.78, 5) is 13.3. The number of carbonyl (C=O) groups is 1. The first-order valence-electron chi connectivity index (χ1n) is 7.40. The summed E-state index contributed by atoms with van der Waals surface area (Å²) < 4.78 is 38.6. The summed E-state index contributed by atoms with van der Waals surface area (Å²) >= 11 is 0. The minimum Gasteiger partial charge on any atom is -0.480 e. The van der Waals surface area contributed by atoms with Crippen LogP contribution in [0.3, 0.4) is 0 Å². The van der Waals surface area contributed by atoms with Crippen molar-refractivity contribution in [3.63, 3.8) is 0 Å². The van der Waals surface area contributed by atoms with Crippen LogP contribution >= 0.6 is 0 Å². The first-order valence-corrected chi connectivity index (χ1v) is 7.40. The van der Waals surface area contributed by atoms with Gasteiger partial charge in [-0.25, -0.2) is 0 Å². The minimum atomic E-state index is -4.70. The number of nitrogens with zero attached hydrogens (tertiary/aromatic N) is 1. The average Bonchev–Trinajstić information content (AvgIpc) is 2.47. The van der Waals surface area contributed by atoms with E-state index in [0.717, 1.165) is 5.56 Å². The van der Waals surface area contributed by atoms with E-state index in [1.807, 2.05) is 6.07 Å². The van der Waals surface area contributed by atoms with Gasteiger partial charge in [0.2, 0.25) is 0 Å². The lowest BCUT2D eigenvalue weighted by Gasteiger charge is -2.45. The molecule has 1 heterocycles. The van der Waals surface area contributed by atoms with Gasteiger partial charge in [0.1, 0.15) is 5.54 Å². The molecule has 0 unspecified atom stereocenters. The van der Waals surface area contributed by atoms with E-state index in [1.54, 1.807) is 24.3 Å². The Morgan fingerprint density at radius 3 is 2.17 bits per heavy atom. The molecule has 1 atom stereocenters. The van der Waals surface area contributed by atoms with Gasteiger partial charge in [-0.3, -0.25) is 9.69 Å². The van der Waals surface area contributed by atoms with Crippen molar-refractivity contribution in [1.29, 1.82) is 0 Å². The summed E-state index contributed by atoms with van der Waals surface area (Å²) in [5.41, 5.74) is -3.24. The van der Waals surface area contributed by atoms with Crippen LogP contribution in [0.5, 0.6) is 0 Å². The number of hydrogen-bond acceptors (Lipinski definition) is 3. The van der Waals surface area contributed by atoms with Crippen molar-refractivity contribution in [3.8, 4) is 0 Å². The monoisotopic (exact) mass is 331 g/mol. The van der Waals surface area contributed by atoms with Gasteiger partial charge in [-0.1, -0.05) is 30.3 Å². The van der Waals surface area contributed by atoms with Crippen molar-refractivity contribution in [2.24, 2.45) is 0 Å². The summed E-state index contributed by atoms with van der Waals surface area (Å²) in [6, 6.07) is 8.97. The van der Waals surface area contributed by atoms with E-state index >= 15 is 0 Å². The van der Waals surface area contributed by atoms with Gasteiger partial charge >= 0.3 is 12.1 Å². The molecule has 1 fully saturated rings. The van der Waals surface area contributed by atoms with Gasteiger partial charge in [0, 0.05) is 19.5 Å². The summed E-state index contributed by atoms with van der Waals surface area (Å²) in [6.07, 6.45) is -5.55. The maximum absolute atomic E-state index is 12.9. The summed E-state index contributed by atoms with van der Waals surface area (Å²) in [5, 5.41) is 19.3. The van der Waals surface area contributed by atoms with Crippen LogP contribution in [0.15, 0.2) is 30.3 Å². The molecule has 4 nitrogen and oxygen atoms in total. The first kappa shape index (κ1) is 17.7. The van der Waals surface area contributed by atoms with Crippen LogP contribution in [0.25, 0.3) is 0 Å². The average molecular weight is 331 g/mol. The van der Waals surface area contributed by atoms with Gasteiger partial charge in [-0.2, -0.15) is 13.2 Å². The van der Waals surface area contributed by atoms with E-state index in [4.69, 9.17) is 0 Å². The van der Waals surface area contributed by atoms with E-state index in [9.17, 15) is 28.2 Å². The Hall–Kier alpha value is -1.60. The molecule has 1 saturated heterocycles. The number of carboxylic acid groups (broad SMARTS) is 1. The number of likely N-dealkylation sites (tertiary alicyclic amines) is 1. The smallest absolute Gasteiger partial charge is 0.417 e. The Kier molecular flexibility index (Phi) is 4.73. The standard InChI is InChI=1S/C16H20F3NO3/c1-14(13(21)22,11-12-5-3-2-4-6-12)20-9-7-15(23,8-10-20)16(17,18)19/h2-6,23H,7-11H2,1H3,(H,21,22)/t14-/m0/s1. The predicted octanol–water partition coefficient (Wildman–Crippen LogP) is 2.46. The highest BCUT2D eigenvalue weighted by Gasteiger charge is 2.56. The molecule has 0 spiro atoms. The van der Waals surface area contributed by atoms with E-state index in [1.165, 1.54) is 11.8 Å². The zero-order chi connectivity index (χ0) is 17.3. The number of benzene rings is 1. The summed E-state index contributed by atoms with van der Waals surface area (Å²) in [7, 11) is 0. The number of rotatable bonds is 4. The Morgan fingerprint density at radius 2 is 1.74 bits per heavy atom. The Balaban J connectivity index is 2.16. The Labute approximate surface area is 132 Å². The van der Waals surface area contributed by atoms with E-state index in [0.29, 0.717) is 0 Å². The fourth-order valence-electron chi connectivity index (χ4n) is 2.97. The third-order valence-corrected chi connectivity index (χ3v) is 4.67. The second kappa shape index (κ2) is 6.13. The minimum absolute atomic E-state index is 0.119. The van der Waals surface area contributed by atoms with Crippen LogP contribution in [0.1, 0.15) is 25.3 Å². The number of aliphatic carboxylic acids is 1. The molecule has 1 aromatic rings. The summed E-state index contributed by atoms with van der Waals surface area (Å²) in [6.45, 7) is 1.28. The number of alkyl halides is 3. The summed E-state index contributed by atoms with van der Waals surface area (Å²) in [5.74, 6) is -1.08. The number of piperidine rings is 1. The molecule has 1 aliphatic rings. The lowest BCUT2D eigenvalue weighted by atomic mass is 9.84. The molecule has 1 aliphatic heterocycles. The fraction of sp³-hybridized carbons (Fsp3) is 0.562. The quantitative estimate of drug-likeness (QED) is 0.890. The molecule has 1 aromatic carbocycles. The molecule has 23 heavy (non-hydrogen) atoms. The molecule has 7 heteroatoms. The van der Waals surface area contributed by atoms with Crippen LogP contribution < -0.4 is 0 Å². The maximum Gasteiger partial charge on any atom is 0.417 e. The number of aliphatic hydroxyl groups is 1. The Morgan fingerprint density at radius 1 is 1.22 bits per heavy atom. The molecule has 2 rings (SSSR count). The van der Waals surface area contributed by atoms with Crippen LogP contribution in [-0.4, -0.2) is 51.5 Å². The van der Waals surface area contributed by atoms with E-state index in [-0.39, 0.29) is 19.5 Å². The van der Waals surface area contributed by atoms with Crippen LogP contribution in [0, 0.1) is 0 Å². The maximum atomic E-state index is 12.9. The number of carboxylic acids is 1. The van der Waals surface area contributed by atoms with Crippen molar-refractivity contribution in [2.75, 3.05) is 13.1 Å². The molecule has 128 valence electrons. The molecule has 0 amide bonds. The molecule has 0 aliphatic carbocycles. The number of hydrogen-bond donors (Lipinski definition) is 2. The highest BCUT2D eigenvalue weighted by Crippen LogP contribution is 2.40. The van der Waals surface area contributed by atoms with Crippen molar-refractivity contribution >= 4 is 5.97 Å². The van der Waals surface area contributed by atoms with Gasteiger partial charge in [-0.15, -0.1) is 0 Å². The lowest BCUT2D eigenvalue weighted by Crippen LogP contribution is -2.61. The normalized spacial score (nSPS) is 21.6. The first-order chi connectivity index (χ1) is 10.6. The van der Waals surface area contributed by atoms with Crippen molar-refractivity contribution in [2.45, 2.75) is 43.5 Å². The van der Waals surface area contributed by atoms with Crippen molar-refractivity contribution in [1.82, 2.24) is 4.90 Å². The highest BCUT2D eigenvalue weighted by atomic mass is 19.4. The van der Waals surface area contributed by atoms with Crippen molar-refractivity contribution < 1.29 is 28.2 Å². The van der Waals surface area contributed by atoms with Crippen LogP contribution in [0.2, 0.25) is 0 Å². The predicted molar refractivity (Wildman–Crippen MR) is 78.0 cm³/mol. The Bertz CT molecular complexity index is 553. The zero-order valence-electron chi connectivity index (χ0n) is 12.8. The molecule has 0 bridgehead atoms. The SMILES string of the molecule is C[C@](Cc1ccccc1)(C(=O)O)N1CCC(O)(C(F)(F)F)CC1. The molecular formula is C16H20F3NO3. The van der Waals surface area contributed by atoms with Crippen LogP contribution in [-0.2, 0) is 11.2 Å². The third kappa shape index (κ3) is 3.50. The van der Waals surface area contributed by atoms with Gasteiger partial charge in [0.05, 0.1) is 0 Å². The van der Waals surface area contributed by atoms with E-state index < -0.39 is 36.1 Å². The second-order valence-corrected chi connectivity index (χ2v) is 6.26. The topological polar surface area (TPSA) is 60.8 Å². The molecule has 2 N–H and O–H groups in total. The molecule has 0 aromatic heterocycles. The zero-order valence-corrected chi connectivity index (χ0v) is 12.8. The van der Waals surface area contributed by atoms with Crippen LogP contribution in [0.4, 0.5) is 13.2 Å². The lowest BCUT2D eigenvalue weighted by molar-refractivity contribution is -0.274. The van der Waals surface area contributed by atoms with E-state index in [2.05, 4.69) is 0 Å². The highest BCUT2D eigenvalue weighted by molar-refractivity contribution is 5.78. The van der Waals surface area contributed by atoms with Crippen molar-refractivity contribution in [3.05, 3.63) is 35.9 Å².